The predicted molar refractivity (Wildman–Crippen MR) is 75.3 cm³/mol. The van der Waals surface area contributed by atoms with E-state index in [0.717, 1.165) is 4.31 Å². The Morgan fingerprint density at radius 2 is 1.90 bits per heavy atom. The van der Waals surface area contributed by atoms with Crippen LogP contribution in [0.4, 0.5) is 5.69 Å². The molecule has 1 aliphatic heterocycles. The SMILES string of the molecule is CC(=O)Nc1ccc(S(=O)(=O)N2CCC[C@@H]2C(=O)O)cc1. The third-order valence-electron chi connectivity index (χ3n) is 3.27. The fourth-order valence-corrected chi connectivity index (χ4v) is 3.97. The van der Waals surface area contributed by atoms with Crippen LogP contribution >= 0.6 is 0 Å². The summed E-state index contributed by atoms with van der Waals surface area (Å²) >= 11 is 0. The summed E-state index contributed by atoms with van der Waals surface area (Å²) in [6, 6.07) is 4.65. The number of sulfonamides is 1. The van der Waals surface area contributed by atoms with E-state index in [2.05, 4.69) is 5.32 Å². The Balaban J connectivity index is 2.27. The van der Waals surface area contributed by atoms with Crippen molar-refractivity contribution in [1.82, 2.24) is 4.31 Å². The first kappa shape index (κ1) is 15.5. The van der Waals surface area contributed by atoms with Crippen molar-refractivity contribution in [2.45, 2.75) is 30.7 Å². The summed E-state index contributed by atoms with van der Waals surface area (Å²) in [5, 5.41) is 11.6. The van der Waals surface area contributed by atoms with Crippen molar-refractivity contribution >= 4 is 27.6 Å². The molecule has 1 aromatic rings. The third-order valence-corrected chi connectivity index (χ3v) is 5.19. The molecule has 0 radical (unpaired) electrons. The first-order valence-corrected chi connectivity index (χ1v) is 7.88. The van der Waals surface area contributed by atoms with Crippen LogP contribution in [-0.4, -0.2) is 42.3 Å². The molecule has 1 amide bonds. The molecule has 0 aliphatic carbocycles. The van der Waals surface area contributed by atoms with E-state index in [0.29, 0.717) is 18.5 Å². The molecule has 2 N–H and O–H groups in total. The Hall–Kier alpha value is -1.93. The van der Waals surface area contributed by atoms with Crippen LogP contribution in [0, 0.1) is 0 Å². The number of hydrogen-bond acceptors (Lipinski definition) is 4. The molecule has 0 saturated carbocycles. The van der Waals surface area contributed by atoms with Gasteiger partial charge >= 0.3 is 5.97 Å². The van der Waals surface area contributed by atoms with E-state index in [-0.39, 0.29) is 17.3 Å². The molecule has 0 aromatic heterocycles. The molecule has 114 valence electrons. The van der Waals surface area contributed by atoms with E-state index >= 15 is 0 Å². The zero-order valence-corrected chi connectivity index (χ0v) is 12.3. The number of benzene rings is 1. The fourth-order valence-electron chi connectivity index (χ4n) is 2.32. The van der Waals surface area contributed by atoms with Crippen molar-refractivity contribution in [3.05, 3.63) is 24.3 Å². The molecule has 0 unspecified atom stereocenters. The average molecular weight is 312 g/mol. The van der Waals surface area contributed by atoms with E-state index in [4.69, 9.17) is 5.11 Å². The molecule has 7 nitrogen and oxygen atoms in total. The minimum absolute atomic E-state index is 0.0183. The highest BCUT2D eigenvalue weighted by atomic mass is 32.2. The Kier molecular flexibility index (Phi) is 4.29. The number of carboxylic acid groups (broad SMARTS) is 1. The maximum Gasteiger partial charge on any atom is 0.322 e. The minimum Gasteiger partial charge on any atom is -0.480 e. The molecule has 21 heavy (non-hydrogen) atoms. The van der Waals surface area contributed by atoms with Crippen LogP contribution in [-0.2, 0) is 19.6 Å². The fraction of sp³-hybridized carbons (Fsp3) is 0.385. The second-order valence-corrected chi connectivity index (χ2v) is 6.71. The quantitative estimate of drug-likeness (QED) is 0.859. The molecular weight excluding hydrogens is 296 g/mol. The number of carbonyl (C=O) groups excluding carboxylic acids is 1. The van der Waals surface area contributed by atoms with Gasteiger partial charge in [0.25, 0.3) is 0 Å². The molecule has 0 spiro atoms. The van der Waals surface area contributed by atoms with E-state index in [1.165, 1.54) is 31.2 Å². The van der Waals surface area contributed by atoms with Gasteiger partial charge in [0.2, 0.25) is 15.9 Å². The molecule has 0 bridgehead atoms. The molecule has 1 fully saturated rings. The van der Waals surface area contributed by atoms with Crippen molar-refractivity contribution in [3.63, 3.8) is 0 Å². The van der Waals surface area contributed by atoms with Crippen LogP contribution in [0.1, 0.15) is 19.8 Å². The Morgan fingerprint density at radius 1 is 1.29 bits per heavy atom. The Morgan fingerprint density at radius 3 is 2.43 bits per heavy atom. The summed E-state index contributed by atoms with van der Waals surface area (Å²) < 4.78 is 25.9. The number of nitrogens with zero attached hydrogens (tertiary/aromatic N) is 1. The number of nitrogens with one attached hydrogen (secondary N) is 1. The maximum atomic E-state index is 12.5. The maximum absolute atomic E-state index is 12.5. The van der Waals surface area contributed by atoms with Crippen molar-refractivity contribution in [2.24, 2.45) is 0 Å². The highest BCUT2D eigenvalue weighted by molar-refractivity contribution is 7.89. The van der Waals surface area contributed by atoms with Crippen molar-refractivity contribution < 1.29 is 23.1 Å². The van der Waals surface area contributed by atoms with Gasteiger partial charge in [-0.15, -0.1) is 0 Å². The molecule has 1 heterocycles. The van der Waals surface area contributed by atoms with Gasteiger partial charge in [-0.2, -0.15) is 4.31 Å². The summed E-state index contributed by atoms with van der Waals surface area (Å²) in [7, 11) is -3.84. The van der Waals surface area contributed by atoms with Gasteiger partial charge in [0.1, 0.15) is 6.04 Å². The summed E-state index contributed by atoms with van der Waals surface area (Å²) in [5.74, 6) is -1.39. The number of aliphatic carboxylic acids is 1. The van der Waals surface area contributed by atoms with Gasteiger partial charge in [0.05, 0.1) is 4.90 Å². The second kappa shape index (κ2) is 5.82. The van der Waals surface area contributed by atoms with Gasteiger partial charge < -0.3 is 10.4 Å². The van der Waals surface area contributed by atoms with Gasteiger partial charge in [0.15, 0.2) is 0 Å². The molecule has 1 atom stereocenters. The lowest BCUT2D eigenvalue weighted by atomic mass is 10.2. The highest BCUT2D eigenvalue weighted by Crippen LogP contribution is 2.26. The van der Waals surface area contributed by atoms with Gasteiger partial charge in [-0.3, -0.25) is 9.59 Å². The zero-order chi connectivity index (χ0) is 15.6. The lowest BCUT2D eigenvalue weighted by Crippen LogP contribution is -2.40. The first-order chi connectivity index (χ1) is 9.82. The number of hydrogen-bond donors (Lipinski definition) is 2. The Bertz CT molecular complexity index is 654. The second-order valence-electron chi connectivity index (χ2n) is 4.82. The van der Waals surface area contributed by atoms with E-state index in [9.17, 15) is 18.0 Å². The van der Waals surface area contributed by atoms with Gasteiger partial charge in [-0.05, 0) is 37.1 Å². The lowest BCUT2D eigenvalue weighted by Gasteiger charge is -2.21. The number of carbonyl (C=O) groups is 2. The summed E-state index contributed by atoms with van der Waals surface area (Å²) in [5.41, 5.74) is 0.484. The minimum atomic E-state index is -3.84. The summed E-state index contributed by atoms with van der Waals surface area (Å²) in [6.07, 6.45) is 0.846. The Labute approximate surface area is 122 Å². The number of carboxylic acids is 1. The highest BCUT2D eigenvalue weighted by Gasteiger charge is 2.39. The van der Waals surface area contributed by atoms with Crippen LogP contribution in [0.25, 0.3) is 0 Å². The van der Waals surface area contributed by atoms with Crippen molar-refractivity contribution in [3.8, 4) is 0 Å². The van der Waals surface area contributed by atoms with E-state index in [1.807, 2.05) is 0 Å². The normalized spacial score (nSPS) is 19.4. The number of anilines is 1. The topological polar surface area (TPSA) is 104 Å². The first-order valence-electron chi connectivity index (χ1n) is 6.44. The number of rotatable bonds is 4. The van der Waals surface area contributed by atoms with Gasteiger partial charge in [-0.1, -0.05) is 0 Å². The summed E-state index contributed by atoms with van der Waals surface area (Å²) in [4.78, 5) is 22.0. The van der Waals surface area contributed by atoms with Crippen LogP contribution in [0.15, 0.2) is 29.2 Å². The van der Waals surface area contributed by atoms with Gasteiger partial charge in [-0.25, -0.2) is 8.42 Å². The van der Waals surface area contributed by atoms with Gasteiger partial charge in [0, 0.05) is 19.2 Å². The van der Waals surface area contributed by atoms with E-state index in [1.54, 1.807) is 0 Å². The van der Waals surface area contributed by atoms with Crippen LogP contribution in [0.5, 0.6) is 0 Å². The molecule has 8 heteroatoms. The smallest absolute Gasteiger partial charge is 0.322 e. The number of amides is 1. The van der Waals surface area contributed by atoms with Crippen LogP contribution in [0.3, 0.4) is 0 Å². The average Bonchev–Trinajstić information content (AvgIpc) is 2.88. The standard InChI is InChI=1S/C13H16N2O5S/c1-9(16)14-10-4-6-11(7-5-10)21(19,20)15-8-2-3-12(15)13(17)18/h4-7,12H,2-3,8H2,1H3,(H,14,16)(H,17,18)/t12-/m1/s1. The molecule has 1 saturated heterocycles. The zero-order valence-electron chi connectivity index (χ0n) is 11.4. The van der Waals surface area contributed by atoms with Crippen LogP contribution < -0.4 is 5.32 Å². The van der Waals surface area contributed by atoms with Crippen molar-refractivity contribution in [1.29, 1.82) is 0 Å². The molecule has 2 rings (SSSR count). The monoisotopic (exact) mass is 312 g/mol. The molecule has 1 aliphatic rings. The van der Waals surface area contributed by atoms with E-state index < -0.39 is 22.0 Å². The summed E-state index contributed by atoms with van der Waals surface area (Å²) in [6.45, 7) is 1.55. The van der Waals surface area contributed by atoms with Crippen LogP contribution in [0.2, 0.25) is 0 Å². The molecular formula is C13H16N2O5S. The largest absolute Gasteiger partial charge is 0.480 e. The molecule has 1 aromatic carbocycles. The predicted octanol–water partition coefficient (Wildman–Crippen LogP) is 0.883. The lowest BCUT2D eigenvalue weighted by molar-refractivity contribution is -0.140. The third kappa shape index (κ3) is 3.22. The van der Waals surface area contributed by atoms with Crippen molar-refractivity contribution in [2.75, 3.05) is 11.9 Å².